The summed E-state index contributed by atoms with van der Waals surface area (Å²) in [5.41, 5.74) is 9.19. The number of alkyl halides is 8. The molecule has 9 heterocycles. The second kappa shape index (κ2) is 59.7. The monoisotopic (exact) mass is 2140 g/mol. The van der Waals surface area contributed by atoms with Gasteiger partial charge in [-0.15, -0.1) is 13.2 Å². The smallest absolute Gasteiger partial charge is 0.495 e. The number of nitrogens with one attached hydrogen (secondary N) is 18. The molecule has 0 unspecified atom stereocenters. The SMILES string of the molecule is COc1c(Br)cccc1CNC1=NCCN1.Cc1cccc(CNC2=NCCN2)c1C.Clc1cccc(CNC2=NCCN2)c1Cl.Clc1ccccc1CNC1=NCCN1.FC(F)(F)Oc1ccccc1CNC1=NCCN1.FC(F)(F)c1ccccc1CNC1=NCCN1.FC(F)Oc1ccccc1CNC1=NCCN1.Fc1c(Cl)cccc1CNC1=NCCN1.Fc1cccc(CNC2=NCCN2)c1Cl. The lowest BCUT2D eigenvalue weighted by Gasteiger charge is -2.14. The molecule has 762 valence electrons. The van der Waals surface area contributed by atoms with Crippen molar-refractivity contribution in [3.63, 3.8) is 0 Å². The van der Waals surface area contributed by atoms with Gasteiger partial charge in [0.2, 0.25) is 0 Å². The molecule has 9 aliphatic heterocycles. The van der Waals surface area contributed by atoms with Crippen LogP contribution in [0.1, 0.15) is 66.8 Å². The lowest BCUT2D eigenvalue weighted by atomic mass is 10.0. The van der Waals surface area contributed by atoms with Gasteiger partial charge in [-0.05, 0) is 117 Å². The maximum atomic E-state index is 13.4. The third-order valence-electron chi connectivity index (χ3n) is 20.8. The average molecular weight is 2140 g/mol. The van der Waals surface area contributed by atoms with E-state index in [1.54, 1.807) is 73.8 Å². The molecule has 9 aromatic carbocycles. The first-order chi connectivity index (χ1) is 68.6. The first-order valence-corrected chi connectivity index (χ1v) is 47.9. The molecule has 9 aliphatic rings. The van der Waals surface area contributed by atoms with E-state index in [4.69, 9.17) is 62.7 Å². The maximum absolute atomic E-state index is 13.4. The van der Waals surface area contributed by atoms with Crippen molar-refractivity contribution in [2.24, 2.45) is 44.9 Å². The number of guanidine groups is 9. The summed E-state index contributed by atoms with van der Waals surface area (Å²) in [4.78, 5) is 37.6. The summed E-state index contributed by atoms with van der Waals surface area (Å²) in [7, 11) is 1.68. The third kappa shape index (κ3) is 39.5. The molecule has 18 rings (SSSR count). The van der Waals surface area contributed by atoms with Gasteiger partial charge in [0.15, 0.2) is 53.6 Å². The summed E-state index contributed by atoms with van der Waals surface area (Å²) >= 11 is 32.9. The van der Waals surface area contributed by atoms with Gasteiger partial charge in [0.1, 0.15) is 28.9 Å². The number of ether oxygens (including phenoxy) is 3. The van der Waals surface area contributed by atoms with E-state index in [0.717, 1.165) is 191 Å². The van der Waals surface area contributed by atoms with E-state index >= 15 is 0 Å². The second-order valence-electron chi connectivity index (χ2n) is 30.9. The third-order valence-corrected chi connectivity index (χ3v) is 23.4. The van der Waals surface area contributed by atoms with Crippen LogP contribution < -0.4 is 110 Å². The number of para-hydroxylation sites is 3. The van der Waals surface area contributed by atoms with Crippen LogP contribution in [0.15, 0.2) is 237 Å². The number of hydrogen-bond donors (Lipinski definition) is 18. The Hall–Kier alpha value is -13.0. The molecule has 0 spiro atoms. The first kappa shape index (κ1) is 111. The van der Waals surface area contributed by atoms with Crippen molar-refractivity contribution in [2.45, 2.75) is 91.9 Å². The summed E-state index contributed by atoms with van der Waals surface area (Å²) in [5, 5.41) is 57.7. The number of methoxy groups -OCH3 is 1. The predicted molar refractivity (Wildman–Crippen MR) is 549 cm³/mol. The fourth-order valence-electron chi connectivity index (χ4n) is 13.6. The predicted octanol–water partition coefficient (Wildman–Crippen LogP) is 14.1. The molecule has 0 bridgehead atoms. The van der Waals surface area contributed by atoms with Gasteiger partial charge >= 0.3 is 19.2 Å². The molecule has 9 aromatic rings. The fraction of sp³-hybridized carbons (Fsp3) is 0.344. The van der Waals surface area contributed by atoms with Crippen molar-refractivity contribution in [2.75, 3.05) is 125 Å². The molecule has 0 saturated carbocycles. The van der Waals surface area contributed by atoms with Crippen molar-refractivity contribution in [3.05, 3.63) is 296 Å². The quantitative estimate of drug-likeness (QED) is 0.0280. The van der Waals surface area contributed by atoms with Crippen LogP contribution in [0.4, 0.5) is 43.9 Å². The molecule has 30 nitrogen and oxygen atoms in total. The highest BCUT2D eigenvalue weighted by Gasteiger charge is 2.34. The van der Waals surface area contributed by atoms with Gasteiger partial charge in [-0.25, -0.2) is 8.78 Å². The van der Waals surface area contributed by atoms with E-state index in [9.17, 15) is 43.9 Å². The van der Waals surface area contributed by atoms with Gasteiger partial charge in [0, 0.05) is 145 Å². The van der Waals surface area contributed by atoms with Crippen LogP contribution in [0.5, 0.6) is 17.2 Å². The van der Waals surface area contributed by atoms with Gasteiger partial charge in [-0.3, -0.25) is 44.9 Å². The number of hydrogen-bond acceptors (Lipinski definition) is 30. The standard InChI is InChI=1S/C12H17N3.C11H14BrN3O.C11H12F3N3O.C11H12F3N3.C11H13F2N3O.C10H11Cl2N3.2C10H11ClFN3.C10H12ClN3/c1-9-4-3-5-11(10(9)2)8-15-12-13-6-7-14-12;1-16-10-8(3-2-4-9(10)12)7-15-11-13-5-6-14-11;12-11(13,14)18-9-4-2-1-3-8(9)7-17-10-15-5-6-16-10;12-11(13,14)9-4-2-1-3-8(9)7-17-10-15-5-6-16-10;12-10(13)17-9-4-2-1-3-8(9)7-16-11-14-5-6-15-11;11-8-3-1-2-7(9(8)12)6-15-10-13-4-5-14-10;11-9-7(2-1-3-8(9)12)6-15-10-13-4-5-14-10;11-8-3-1-2-7(9(8)12)6-15-10-13-4-5-14-10;11-9-4-2-1-3-8(9)7-14-10-12-5-6-13-10/h3-5H,6-8H2,1-2H3,(H2,13,14,15);2-4H,5-7H2,1H3,(H2,13,14,15);1-4H,5-7H2,(H2,15,16,17);1-4H,5-7H2,(H2,15,16,17);1-4,10H,5-7H2,(H2,14,15,16);3*1-3H,4-6H2,(H2,13,14,15);1-4H,5-7H2,(H2,12,13,14). The topological polar surface area (TPSA) is 355 Å². The average Bonchev–Trinajstić information content (AvgIpc) is 1.05. The van der Waals surface area contributed by atoms with Crippen molar-refractivity contribution in [1.29, 1.82) is 0 Å². The second-order valence-corrected chi connectivity index (χ2v) is 33.7. The van der Waals surface area contributed by atoms with Crippen LogP contribution in [0.3, 0.4) is 0 Å². The van der Waals surface area contributed by atoms with Crippen LogP contribution in [0, 0.1) is 25.5 Å². The van der Waals surface area contributed by atoms with Crippen molar-refractivity contribution < 1.29 is 58.1 Å². The first-order valence-electron chi connectivity index (χ1n) is 45.2. The summed E-state index contributed by atoms with van der Waals surface area (Å²) in [6, 6.07) is 53.8. The largest absolute Gasteiger partial charge is 0.573 e. The minimum absolute atomic E-state index is 0.113. The molecule has 0 fully saturated rings. The summed E-state index contributed by atoms with van der Waals surface area (Å²) < 4.78 is 140. The van der Waals surface area contributed by atoms with E-state index < -0.39 is 30.5 Å². The van der Waals surface area contributed by atoms with E-state index in [-0.39, 0.29) is 46.0 Å². The molecule has 142 heavy (non-hydrogen) atoms. The van der Waals surface area contributed by atoms with Crippen LogP contribution >= 0.6 is 73.9 Å². The van der Waals surface area contributed by atoms with Gasteiger partial charge in [0.25, 0.3) is 0 Å². The van der Waals surface area contributed by atoms with Crippen molar-refractivity contribution >= 4 is 128 Å². The number of nitrogens with zero attached hydrogens (tertiary/aromatic N) is 9. The Kier molecular flexibility index (Phi) is 46.7. The van der Waals surface area contributed by atoms with E-state index in [2.05, 4.69) is 198 Å². The zero-order valence-corrected chi connectivity index (χ0v) is 83.2. The van der Waals surface area contributed by atoms with Gasteiger partial charge in [0.05, 0.1) is 96.1 Å². The Bertz CT molecular complexity index is 5510. The lowest BCUT2D eigenvalue weighted by molar-refractivity contribution is -0.274. The van der Waals surface area contributed by atoms with Crippen LogP contribution in [-0.2, 0) is 65.1 Å². The van der Waals surface area contributed by atoms with Crippen LogP contribution in [0.2, 0.25) is 25.1 Å². The van der Waals surface area contributed by atoms with Gasteiger partial charge in [-0.2, -0.15) is 22.0 Å². The molecule has 0 atom stereocenters. The molecule has 18 N–H and O–H groups in total. The highest BCUT2D eigenvalue weighted by molar-refractivity contribution is 9.10. The molecule has 0 amide bonds. The molecular weight excluding hydrogens is 2030 g/mol. The van der Waals surface area contributed by atoms with Crippen LogP contribution in [0.25, 0.3) is 0 Å². The highest BCUT2D eigenvalue weighted by atomic mass is 79.9. The Morgan fingerprint density at radius 2 is 0.634 bits per heavy atom. The number of halogens is 16. The van der Waals surface area contributed by atoms with Crippen molar-refractivity contribution in [3.8, 4) is 17.2 Å². The fourth-order valence-corrected chi connectivity index (χ4v) is 15.1. The van der Waals surface area contributed by atoms with Crippen molar-refractivity contribution in [1.82, 2.24) is 95.7 Å². The zero-order chi connectivity index (χ0) is 101. The molecule has 0 saturated heterocycles. The highest BCUT2D eigenvalue weighted by Crippen LogP contribution is 2.34. The number of rotatable bonds is 22. The summed E-state index contributed by atoms with van der Waals surface area (Å²) in [6.07, 6.45) is -9.00. The van der Waals surface area contributed by atoms with E-state index in [1.807, 2.05) is 54.6 Å². The Morgan fingerprint density at radius 1 is 0.331 bits per heavy atom. The Morgan fingerprint density at radius 3 is 1.05 bits per heavy atom. The molecule has 0 aromatic heterocycles. The van der Waals surface area contributed by atoms with Gasteiger partial charge < -0.3 is 110 Å². The van der Waals surface area contributed by atoms with E-state index in [1.165, 1.54) is 59.2 Å². The summed E-state index contributed by atoms with van der Waals surface area (Å²) in [6.45, 7) is 20.6. The molecule has 0 radical (unpaired) electrons. The number of benzene rings is 9. The minimum Gasteiger partial charge on any atom is -0.495 e. The minimum atomic E-state index is -4.68. The molecular formula is C96H113BrCl5F10N27O3. The molecule has 0 aliphatic carbocycles. The van der Waals surface area contributed by atoms with Crippen LogP contribution in [-0.4, -0.2) is 192 Å². The summed E-state index contributed by atoms with van der Waals surface area (Å²) in [5.74, 6) is 6.88. The van der Waals surface area contributed by atoms with Gasteiger partial charge in [-0.1, -0.05) is 198 Å². The Labute approximate surface area is 851 Å². The Balaban J connectivity index is 0.000000164. The number of aliphatic imine (C=N–C) groups is 9. The maximum Gasteiger partial charge on any atom is 0.573 e. The zero-order valence-electron chi connectivity index (χ0n) is 77.9. The normalized spacial score (nSPS) is 14.7. The molecule has 46 heteroatoms. The lowest BCUT2D eigenvalue weighted by Crippen LogP contribution is -2.33. The van der Waals surface area contributed by atoms with E-state index in [0.29, 0.717) is 97.0 Å². The number of aryl methyl sites for hydroxylation is 1.